The number of aromatic amines is 2. The minimum absolute atomic E-state index is 0.147. The van der Waals surface area contributed by atoms with Crippen LogP contribution in [-0.4, -0.2) is 11.9 Å². The van der Waals surface area contributed by atoms with Gasteiger partial charge in [0.2, 0.25) is 0 Å². The molecule has 1 aromatic carbocycles. The Kier molecular flexibility index (Phi) is 9.34. The second-order valence-electron chi connectivity index (χ2n) is 8.27. The van der Waals surface area contributed by atoms with Crippen molar-refractivity contribution in [2.45, 2.75) is 40.0 Å². The summed E-state index contributed by atoms with van der Waals surface area (Å²) in [4.78, 5) is 27.2. The average Bonchev–Trinajstić information content (AvgIpc) is 2.72. The third-order valence-corrected chi connectivity index (χ3v) is 4.26. The summed E-state index contributed by atoms with van der Waals surface area (Å²) < 4.78 is 0. The predicted molar refractivity (Wildman–Crippen MR) is 118 cm³/mol. The molecule has 0 radical (unpaired) electrons. The van der Waals surface area contributed by atoms with Crippen molar-refractivity contribution in [3.63, 3.8) is 0 Å². The zero-order valence-corrected chi connectivity index (χ0v) is 19.0. The monoisotopic (exact) mass is 438 g/mol. The number of anilines is 2. The molecular formula is C24H30N4O4. The van der Waals surface area contributed by atoms with Crippen molar-refractivity contribution in [1.82, 2.24) is 0 Å². The SMILES string of the molecule is CC(C)(C)c1cc(C(=O)[O-])cc(C(=O)[O-])c1.Cc1ccc(N)[nH+]c1.Cc1ccc(N)[nH+]c1. The summed E-state index contributed by atoms with van der Waals surface area (Å²) in [5, 5.41) is 21.5. The van der Waals surface area contributed by atoms with E-state index in [0.29, 0.717) is 17.2 Å². The number of carboxylic acids is 2. The minimum Gasteiger partial charge on any atom is -0.545 e. The Bertz CT molecular complexity index is 923. The van der Waals surface area contributed by atoms with Gasteiger partial charge in [0.15, 0.2) is 0 Å². The van der Waals surface area contributed by atoms with Gasteiger partial charge in [-0.1, -0.05) is 20.8 Å². The van der Waals surface area contributed by atoms with Gasteiger partial charge in [-0.2, -0.15) is 0 Å². The highest BCUT2D eigenvalue weighted by Gasteiger charge is 2.15. The topological polar surface area (TPSA) is 161 Å². The first-order valence-electron chi connectivity index (χ1n) is 9.85. The van der Waals surface area contributed by atoms with Crippen LogP contribution in [0, 0.1) is 13.8 Å². The van der Waals surface area contributed by atoms with Gasteiger partial charge in [0.05, 0.1) is 24.3 Å². The number of benzene rings is 1. The summed E-state index contributed by atoms with van der Waals surface area (Å²) in [6, 6.07) is 11.5. The number of nitrogen functional groups attached to an aromatic ring is 2. The molecule has 0 aliphatic heterocycles. The first kappa shape index (κ1) is 26.1. The third kappa shape index (κ3) is 9.25. The quantitative estimate of drug-likeness (QED) is 0.592. The van der Waals surface area contributed by atoms with Crippen molar-refractivity contribution in [2.24, 2.45) is 0 Å². The third-order valence-electron chi connectivity index (χ3n) is 4.26. The summed E-state index contributed by atoms with van der Waals surface area (Å²) >= 11 is 0. The van der Waals surface area contributed by atoms with Crippen LogP contribution in [0.5, 0.6) is 0 Å². The second kappa shape index (κ2) is 11.5. The Morgan fingerprint density at radius 2 is 1.12 bits per heavy atom. The molecule has 0 amide bonds. The lowest BCUT2D eigenvalue weighted by atomic mass is 9.85. The highest BCUT2D eigenvalue weighted by molar-refractivity contribution is 5.92. The number of H-pyrrole nitrogens is 2. The molecule has 32 heavy (non-hydrogen) atoms. The van der Waals surface area contributed by atoms with E-state index in [4.69, 9.17) is 11.5 Å². The Morgan fingerprint density at radius 3 is 1.34 bits per heavy atom. The fourth-order valence-corrected chi connectivity index (χ4v) is 2.33. The number of hydrogen-bond donors (Lipinski definition) is 2. The lowest BCUT2D eigenvalue weighted by Gasteiger charge is -2.21. The number of carbonyl (C=O) groups excluding carboxylic acids is 2. The standard InChI is InChI=1S/C12H14O4.2C6H8N2/c1-12(2,3)9-5-7(10(13)14)4-8(6-9)11(15)16;2*1-5-2-3-6(7)8-4-5/h4-6H,1-3H3,(H,13,14)(H,15,16);2*2-4H,1H3,(H2,7,8). The van der Waals surface area contributed by atoms with E-state index in [1.807, 2.05) is 71.3 Å². The molecule has 0 atom stereocenters. The smallest absolute Gasteiger partial charge is 0.270 e. The maximum absolute atomic E-state index is 10.7. The van der Waals surface area contributed by atoms with Crippen molar-refractivity contribution < 1.29 is 29.8 Å². The Balaban J connectivity index is 0.000000267. The first-order chi connectivity index (χ1) is 14.8. The molecule has 6 N–H and O–H groups in total. The van der Waals surface area contributed by atoms with Crippen LogP contribution in [0.3, 0.4) is 0 Å². The molecule has 2 aromatic heterocycles. The van der Waals surface area contributed by atoms with E-state index < -0.39 is 11.9 Å². The average molecular weight is 439 g/mol. The number of nitrogens with two attached hydrogens (primary N) is 2. The van der Waals surface area contributed by atoms with Gasteiger partial charge >= 0.3 is 0 Å². The number of pyridine rings is 2. The van der Waals surface area contributed by atoms with E-state index >= 15 is 0 Å². The zero-order chi connectivity index (χ0) is 24.5. The van der Waals surface area contributed by atoms with Crippen molar-refractivity contribution in [3.05, 3.63) is 82.7 Å². The van der Waals surface area contributed by atoms with Gasteiger partial charge in [-0.15, -0.1) is 0 Å². The van der Waals surface area contributed by atoms with E-state index in [-0.39, 0.29) is 16.5 Å². The van der Waals surface area contributed by atoms with Crippen LogP contribution in [0.4, 0.5) is 11.6 Å². The van der Waals surface area contributed by atoms with Crippen LogP contribution in [0.25, 0.3) is 0 Å². The molecule has 3 aromatic rings. The number of carbonyl (C=O) groups is 2. The maximum Gasteiger partial charge on any atom is 0.270 e. The highest BCUT2D eigenvalue weighted by atomic mass is 16.4. The summed E-state index contributed by atoms with van der Waals surface area (Å²) in [5.74, 6) is -1.38. The molecule has 8 heteroatoms. The number of carboxylic acid groups (broad SMARTS) is 2. The van der Waals surface area contributed by atoms with Crippen LogP contribution >= 0.6 is 0 Å². The van der Waals surface area contributed by atoms with Crippen molar-refractivity contribution >= 4 is 23.6 Å². The predicted octanol–water partition coefficient (Wildman–Crippen LogP) is 0.494. The fourth-order valence-electron chi connectivity index (χ4n) is 2.33. The van der Waals surface area contributed by atoms with Crippen LogP contribution in [0.15, 0.2) is 54.9 Å². The molecule has 0 saturated carbocycles. The van der Waals surface area contributed by atoms with Crippen molar-refractivity contribution in [3.8, 4) is 0 Å². The molecule has 170 valence electrons. The lowest BCUT2D eigenvalue weighted by Crippen LogP contribution is -2.27. The molecule has 0 aliphatic carbocycles. The maximum atomic E-state index is 10.7. The lowest BCUT2D eigenvalue weighted by molar-refractivity contribution is -0.361. The van der Waals surface area contributed by atoms with Gasteiger partial charge in [0.1, 0.15) is 0 Å². The van der Waals surface area contributed by atoms with Gasteiger partial charge in [-0.05, 0) is 77.4 Å². The van der Waals surface area contributed by atoms with Gasteiger partial charge < -0.3 is 19.8 Å². The van der Waals surface area contributed by atoms with Gasteiger partial charge in [0, 0.05) is 12.1 Å². The number of hydrogen-bond acceptors (Lipinski definition) is 6. The van der Waals surface area contributed by atoms with E-state index in [2.05, 4.69) is 9.97 Å². The van der Waals surface area contributed by atoms with Crippen LogP contribution < -0.4 is 31.6 Å². The highest BCUT2D eigenvalue weighted by Crippen LogP contribution is 2.24. The second-order valence-corrected chi connectivity index (χ2v) is 8.27. The molecule has 0 aliphatic rings. The van der Waals surface area contributed by atoms with Gasteiger partial charge in [-0.25, -0.2) is 9.97 Å². The molecule has 0 unspecified atom stereocenters. The molecule has 2 heterocycles. The van der Waals surface area contributed by atoms with Crippen LogP contribution in [0.1, 0.15) is 58.2 Å². The molecule has 3 rings (SSSR count). The Morgan fingerprint density at radius 1 is 0.750 bits per heavy atom. The summed E-state index contributed by atoms with van der Waals surface area (Å²) in [7, 11) is 0. The van der Waals surface area contributed by atoms with Crippen LogP contribution in [0.2, 0.25) is 0 Å². The number of aromatic carboxylic acids is 2. The van der Waals surface area contributed by atoms with Gasteiger partial charge in [0.25, 0.3) is 11.6 Å². The van der Waals surface area contributed by atoms with E-state index in [9.17, 15) is 19.8 Å². The van der Waals surface area contributed by atoms with Crippen molar-refractivity contribution in [2.75, 3.05) is 11.5 Å². The summed E-state index contributed by atoms with van der Waals surface area (Å²) in [6.07, 6.45) is 3.74. The number of rotatable bonds is 2. The number of nitrogens with one attached hydrogen (secondary N) is 2. The van der Waals surface area contributed by atoms with Crippen molar-refractivity contribution in [1.29, 1.82) is 0 Å². The molecule has 0 bridgehead atoms. The number of aryl methyl sites for hydroxylation is 2. The molecule has 0 fully saturated rings. The molecule has 0 saturated heterocycles. The summed E-state index contributed by atoms with van der Waals surface area (Å²) in [5.41, 5.74) is 13.1. The normalized spacial score (nSPS) is 10.2. The molecular weight excluding hydrogens is 408 g/mol. The largest absolute Gasteiger partial charge is 0.545 e. The zero-order valence-electron chi connectivity index (χ0n) is 19.0. The summed E-state index contributed by atoms with van der Waals surface area (Å²) in [6.45, 7) is 9.60. The molecule has 8 nitrogen and oxygen atoms in total. The van der Waals surface area contributed by atoms with E-state index in [0.717, 1.165) is 6.07 Å². The fraction of sp³-hybridized carbons (Fsp3) is 0.250. The van der Waals surface area contributed by atoms with E-state index in [1.165, 1.54) is 23.3 Å². The Hall–Kier alpha value is -3.94. The number of aromatic nitrogens is 2. The Labute approximate surface area is 188 Å². The van der Waals surface area contributed by atoms with Gasteiger partial charge in [-0.3, -0.25) is 11.5 Å². The first-order valence-corrected chi connectivity index (χ1v) is 9.85. The van der Waals surface area contributed by atoms with E-state index in [1.54, 1.807) is 0 Å². The minimum atomic E-state index is -1.39. The van der Waals surface area contributed by atoms with Crippen LogP contribution in [-0.2, 0) is 5.41 Å². The molecule has 0 spiro atoms.